The van der Waals surface area contributed by atoms with Crippen LogP contribution in [0.25, 0.3) is 0 Å². The van der Waals surface area contributed by atoms with E-state index < -0.39 is 30.1 Å². The van der Waals surface area contributed by atoms with E-state index in [1.165, 1.54) is 6.07 Å². The molecule has 2 fully saturated rings. The van der Waals surface area contributed by atoms with Crippen molar-refractivity contribution < 1.29 is 27.2 Å². The van der Waals surface area contributed by atoms with E-state index >= 15 is 0 Å². The van der Waals surface area contributed by atoms with Gasteiger partial charge in [0.15, 0.2) is 0 Å². The van der Waals surface area contributed by atoms with Crippen LogP contribution < -0.4 is 5.46 Å². The second-order valence-corrected chi connectivity index (χ2v) is 7.16. The monoisotopic (exact) mass is 328 g/mol. The second kappa shape index (κ2) is 5.23. The first-order chi connectivity index (χ1) is 10.5. The summed E-state index contributed by atoms with van der Waals surface area (Å²) in [6.45, 7) is 8.55. The SMILES string of the molecule is CC1(C)OB(c2cc(C(F)(F)F)ccc2C2COC2)OC1(C)C. The van der Waals surface area contributed by atoms with E-state index in [0.29, 0.717) is 18.7 Å². The molecule has 2 aliphatic rings. The lowest BCUT2D eigenvalue weighted by molar-refractivity contribution is -0.137. The topological polar surface area (TPSA) is 27.7 Å². The maximum Gasteiger partial charge on any atom is 0.495 e. The lowest BCUT2D eigenvalue weighted by atomic mass is 9.72. The van der Waals surface area contributed by atoms with Crippen LogP contribution in [0.1, 0.15) is 44.7 Å². The highest BCUT2D eigenvalue weighted by Crippen LogP contribution is 2.38. The van der Waals surface area contributed by atoms with Crippen molar-refractivity contribution in [1.82, 2.24) is 0 Å². The average molecular weight is 328 g/mol. The zero-order valence-corrected chi connectivity index (χ0v) is 13.7. The van der Waals surface area contributed by atoms with Gasteiger partial charge in [-0.2, -0.15) is 13.2 Å². The smallest absolute Gasteiger partial charge is 0.399 e. The Morgan fingerprint density at radius 3 is 2.04 bits per heavy atom. The molecule has 2 saturated heterocycles. The van der Waals surface area contributed by atoms with Gasteiger partial charge in [-0.15, -0.1) is 0 Å². The molecule has 23 heavy (non-hydrogen) atoms. The lowest BCUT2D eigenvalue weighted by Crippen LogP contribution is -2.41. The third kappa shape index (κ3) is 2.90. The number of halogens is 3. The number of benzene rings is 1. The van der Waals surface area contributed by atoms with Crippen LogP contribution in [0.2, 0.25) is 0 Å². The highest BCUT2D eigenvalue weighted by molar-refractivity contribution is 6.62. The second-order valence-electron chi connectivity index (χ2n) is 7.16. The Kier molecular flexibility index (Phi) is 3.82. The molecule has 0 N–H and O–H groups in total. The van der Waals surface area contributed by atoms with Crippen LogP contribution in [0.4, 0.5) is 13.2 Å². The molecule has 1 aromatic rings. The molecule has 0 bridgehead atoms. The van der Waals surface area contributed by atoms with Crippen LogP contribution >= 0.6 is 0 Å². The molecule has 3 nitrogen and oxygen atoms in total. The number of ether oxygens (including phenoxy) is 1. The molecule has 2 heterocycles. The van der Waals surface area contributed by atoms with Gasteiger partial charge in [-0.05, 0) is 50.9 Å². The minimum absolute atomic E-state index is 0.0892. The Bertz CT molecular complexity index is 593. The summed E-state index contributed by atoms with van der Waals surface area (Å²) in [6.07, 6.45) is -4.40. The minimum Gasteiger partial charge on any atom is -0.399 e. The van der Waals surface area contributed by atoms with E-state index in [0.717, 1.165) is 17.7 Å². The van der Waals surface area contributed by atoms with Gasteiger partial charge >= 0.3 is 13.3 Å². The van der Waals surface area contributed by atoms with E-state index in [4.69, 9.17) is 14.0 Å². The molecule has 0 spiro atoms. The predicted octanol–water partition coefficient (Wildman–Crippen LogP) is 3.12. The summed E-state index contributed by atoms with van der Waals surface area (Å²) < 4.78 is 56.3. The molecule has 0 atom stereocenters. The molecular weight excluding hydrogens is 308 g/mol. The Morgan fingerprint density at radius 2 is 1.61 bits per heavy atom. The molecule has 3 rings (SSSR count). The Labute approximate surface area is 134 Å². The van der Waals surface area contributed by atoms with Gasteiger partial charge in [0.2, 0.25) is 0 Å². The van der Waals surface area contributed by atoms with E-state index in [2.05, 4.69) is 0 Å². The molecule has 0 aliphatic carbocycles. The zero-order valence-electron chi connectivity index (χ0n) is 13.7. The first-order valence-corrected chi connectivity index (χ1v) is 7.66. The Balaban J connectivity index is 2.02. The fourth-order valence-corrected chi connectivity index (χ4v) is 2.71. The molecule has 2 aliphatic heterocycles. The van der Waals surface area contributed by atoms with Crippen LogP contribution in [0.5, 0.6) is 0 Å². The summed E-state index contributed by atoms with van der Waals surface area (Å²) in [5, 5.41) is 0. The quantitative estimate of drug-likeness (QED) is 0.781. The van der Waals surface area contributed by atoms with Crippen molar-refractivity contribution in [3.05, 3.63) is 29.3 Å². The molecule has 0 unspecified atom stereocenters. The van der Waals surface area contributed by atoms with E-state index in [1.54, 1.807) is 0 Å². The van der Waals surface area contributed by atoms with Crippen LogP contribution in [-0.2, 0) is 20.2 Å². The summed E-state index contributed by atoms with van der Waals surface area (Å²) in [7, 11) is -0.807. The Morgan fingerprint density at radius 1 is 1.04 bits per heavy atom. The van der Waals surface area contributed by atoms with Gasteiger partial charge in [-0.3, -0.25) is 0 Å². The van der Waals surface area contributed by atoms with Crippen molar-refractivity contribution in [2.75, 3.05) is 13.2 Å². The van der Waals surface area contributed by atoms with Gasteiger partial charge in [0.25, 0.3) is 0 Å². The summed E-state index contributed by atoms with van der Waals surface area (Å²) in [5.41, 5.74) is -0.626. The minimum atomic E-state index is -4.40. The highest BCUT2D eigenvalue weighted by Gasteiger charge is 2.53. The molecule has 126 valence electrons. The van der Waals surface area contributed by atoms with Crippen molar-refractivity contribution >= 4 is 12.6 Å². The maximum atomic E-state index is 13.1. The van der Waals surface area contributed by atoms with Crippen molar-refractivity contribution in [3.63, 3.8) is 0 Å². The molecule has 7 heteroatoms. The average Bonchev–Trinajstić information content (AvgIpc) is 2.55. The number of hydrogen-bond acceptors (Lipinski definition) is 3. The van der Waals surface area contributed by atoms with Gasteiger partial charge in [0, 0.05) is 5.92 Å². The van der Waals surface area contributed by atoms with Gasteiger partial charge in [0.05, 0.1) is 30.0 Å². The fraction of sp³-hybridized carbons (Fsp3) is 0.625. The molecule has 0 radical (unpaired) electrons. The predicted molar refractivity (Wildman–Crippen MR) is 80.7 cm³/mol. The standard InChI is InChI=1S/C16H20BF3O3/c1-14(2)15(3,4)23-17(22-14)13-7-11(16(18,19)20)5-6-12(13)10-8-21-9-10/h5-7,10H,8-9H2,1-4H3. The summed E-state index contributed by atoms with van der Waals surface area (Å²) in [4.78, 5) is 0. The van der Waals surface area contributed by atoms with Crippen LogP contribution in [0.15, 0.2) is 18.2 Å². The van der Waals surface area contributed by atoms with Crippen molar-refractivity contribution in [1.29, 1.82) is 0 Å². The van der Waals surface area contributed by atoms with Crippen LogP contribution in [0, 0.1) is 0 Å². The van der Waals surface area contributed by atoms with Gasteiger partial charge in [-0.1, -0.05) is 6.07 Å². The molecule has 0 saturated carbocycles. The normalized spacial score (nSPS) is 23.9. The summed E-state index contributed by atoms with van der Waals surface area (Å²) >= 11 is 0. The van der Waals surface area contributed by atoms with Gasteiger partial charge in [-0.25, -0.2) is 0 Å². The van der Waals surface area contributed by atoms with E-state index in [9.17, 15) is 13.2 Å². The number of rotatable bonds is 2. The molecule has 0 amide bonds. The first kappa shape index (κ1) is 16.8. The maximum absolute atomic E-state index is 13.1. The third-order valence-corrected chi connectivity index (χ3v) is 5.00. The third-order valence-electron chi connectivity index (χ3n) is 5.00. The lowest BCUT2D eigenvalue weighted by Gasteiger charge is -2.32. The van der Waals surface area contributed by atoms with Gasteiger partial charge < -0.3 is 14.0 Å². The van der Waals surface area contributed by atoms with Crippen molar-refractivity contribution in [2.24, 2.45) is 0 Å². The molecule has 1 aromatic carbocycles. The highest BCUT2D eigenvalue weighted by atomic mass is 19.4. The van der Waals surface area contributed by atoms with E-state index in [-0.39, 0.29) is 5.92 Å². The van der Waals surface area contributed by atoms with E-state index in [1.807, 2.05) is 27.7 Å². The molecule has 0 aromatic heterocycles. The Hall–Kier alpha value is -1.05. The number of alkyl halides is 3. The number of hydrogen-bond donors (Lipinski definition) is 0. The van der Waals surface area contributed by atoms with Crippen molar-refractivity contribution in [3.8, 4) is 0 Å². The van der Waals surface area contributed by atoms with Crippen LogP contribution in [0.3, 0.4) is 0 Å². The van der Waals surface area contributed by atoms with Crippen LogP contribution in [-0.4, -0.2) is 31.5 Å². The zero-order chi connectivity index (χ0) is 17.0. The van der Waals surface area contributed by atoms with Gasteiger partial charge in [0.1, 0.15) is 0 Å². The largest absolute Gasteiger partial charge is 0.495 e. The van der Waals surface area contributed by atoms with Crippen molar-refractivity contribution in [2.45, 2.75) is 51.0 Å². The fourth-order valence-electron chi connectivity index (χ4n) is 2.71. The first-order valence-electron chi connectivity index (χ1n) is 7.66. The summed E-state index contributed by atoms with van der Waals surface area (Å²) in [5.74, 6) is 0.0892. The summed E-state index contributed by atoms with van der Waals surface area (Å²) in [6, 6.07) is 3.79. The molecular formula is C16H20BF3O3.